The smallest absolute Gasteiger partial charge is 0.310 e. The third-order valence-electron chi connectivity index (χ3n) is 8.15. The minimum Gasteiger partial charge on any atom is -0.310 e. The number of imidazole rings is 1. The van der Waals surface area contributed by atoms with Gasteiger partial charge in [0, 0.05) is 49.4 Å². The van der Waals surface area contributed by atoms with E-state index in [1.54, 1.807) is 12.4 Å². The van der Waals surface area contributed by atoms with E-state index in [9.17, 15) is 14.4 Å². The van der Waals surface area contributed by atoms with Gasteiger partial charge in [-0.25, -0.2) is 24.7 Å². The molecule has 0 unspecified atom stereocenters. The highest BCUT2D eigenvalue weighted by molar-refractivity contribution is 6.13. The van der Waals surface area contributed by atoms with E-state index in [-0.39, 0.29) is 36.2 Å². The molecule has 3 fully saturated rings. The number of aryl methyl sites for hydroxylation is 3. The Labute approximate surface area is 236 Å². The van der Waals surface area contributed by atoms with E-state index in [0.29, 0.717) is 35.9 Å². The summed E-state index contributed by atoms with van der Waals surface area (Å²) in [5.74, 6) is 1.34. The van der Waals surface area contributed by atoms with E-state index in [1.807, 2.05) is 41.8 Å². The van der Waals surface area contributed by atoms with Crippen LogP contribution < -0.4 is 10.2 Å². The summed E-state index contributed by atoms with van der Waals surface area (Å²) in [6.07, 6.45) is 11.9. The van der Waals surface area contributed by atoms with Crippen molar-refractivity contribution in [2.75, 3.05) is 23.8 Å². The molecule has 0 spiro atoms. The first kappa shape index (κ1) is 25.3. The van der Waals surface area contributed by atoms with E-state index in [2.05, 4.69) is 26.5 Å². The van der Waals surface area contributed by atoms with Crippen molar-refractivity contribution in [1.82, 2.24) is 29.2 Å². The van der Waals surface area contributed by atoms with Crippen LogP contribution in [0.2, 0.25) is 0 Å². The molecule has 4 aromatic rings. The maximum atomic E-state index is 12.8. The zero-order chi connectivity index (χ0) is 28.2. The predicted molar refractivity (Wildman–Crippen MR) is 151 cm³/mol. The summed E-state index contributed by atoms with van der Waals surface area (Å²) in [4.78, 5) is 58.5. The summed E-state index contributed by atoms with van der Waals surface area (Å²) in [5.41, 5.74) is 5.31. The number of likely N-dealkylation sites (N-methyl/N-ethyl adjacent to an activating group) is 1. The van der Waals surface area contributed by atoms with E-state index >= 15 is 0 Å². The number of fused-ring (bicyclic) bond motifs is 1. The van der Waals surface area contributed by atoms with Crippen molar-refractivity contribution in [1.29, 1.82) is 0 Å². The van der Waals surface area contributed by atoms with Crippen LogP contribution in [0.5, 0.6) is 0 Å². The molecule has 2 aliphatic carbocycles. The number of hydrogen-bond donors (Lipinski definition) is 1. The lowest BCUT2D eigenvalue weighted by Crippen LogP contribution is -2.30. The second-order valence-electron chi connectivity index (χ2n) is 11.3. The van der Waals surface area contributed by atoms with Crippen molar-refractivity contribution in [2.45, 2.75) is 50.9 Å². The molecule has 11 nitrogen and oxygen atoms in total. The monoisotopic (exact) mass is 550 g/mol. The summed E-state index contributed by atoms with van der Waals surface area (Å²) in [7, 11) is 1.51. The third kappa shape index (κ3) is 4.92. The molecule has 1 saturated heterocycles. The van der Waals surface area contributed by atoms with Crippen LogP contribution in [-0.2, 0) is 22.4 Å². The second kappa shape index (κ2) is 9.76. The first-order chi connectivity index (χ1) is 19.8. The quantitative estimate of drug-likeness (QED) is 0.332. The molecule has 4 aromatic heterocycles. The fourth-order valence-corrected chi connectivity index (χ4v) is 5.50. The Morgan fingerprint density at radius 2 is 1.88 bits per heavy atom. The Balaban J connectivity index is 1.05. The van der Waals surface area contributed by atoms with Crippen LogP contribution in [0.4, 0.5) is 16.3 Å². The fourth-order valence-electron chi connectivity index (χ4n) is 5.50. The molecular weight excluding hydrogens is 520 g/mol. The molecule has 5 heterocycles. The Kier molecular flexibility index (Phi) is 6.02. The normalized spacial score (nSPS) is 20.2. The number of rotatable bonds is 8. The van der Waals surface area contributed by atoms with Gasteiger partial charge in [0.15, 0.2) is 5.65 Å². The first-order valence-electron chi connectivity index (χ1n) is 14.0. The van der Waals surface area contributed by atoms with Crippen LogP contribution in [0.15, 0.2) is 49.1 Å². The Bertz CT molecular complexity index is 1710. The number of carbonyl (C=O) groups excluding carboxylic acids is 3. The minimum atomic E-state index is -0.329. The summed E-state index contributed by atoms with van der Waals surface area (Å²) in [5, 5.41) is 2.96. The molecule has 2 atom stereocenters. The van der Waals surface area contributed by atoms with Crippen molar-refractivity contribution in [3.63, 3.8) is 0 Å². The molecule has 7 rings (SSSR count). The van der Waals surface area contributed by atoms with Gasteiger partial charge in [0.2, 0.25) is 11.8 Å². The highest BCUT2D eigenvalue weighted by Crippen LogP contribution is 2.46. The van der Waals surface area contributed by atoms with Gasteiger partial charge in [0.25, 0.3) is 0 Å². The summed E-state index contributed by atoms with van der Waals surface area (Å²) in [6, 6.07) is 7.37. The second-order valence-corrected chi connectivity index (χ2v) is 11.3. The van der Waals surface area contributed by atoms with E-state index in [4.69, 9.17) is 4.98 Å². The lowest BCUT2D eigenvalue weighted by Gasteiger charge is -2.17. The van der Waals surface area contributed by atoms with Crippen molar-refractivity contribution >= 4 is 35.0 Å². The largest absolute Gasteiger partial charge is 0.331 e. The summed E-state index contributed by atoms with van der Waals surface area (Å²) in [6.45, 7) is 1.94. The molecule has 1 aliphatic heterocycles. The van der Waals surface area contributed by atoms with Crippen molar-refractivity contribution < 1.29 is 14.4 Å². The third-order valence-corrected chi connectivity index (χ3v) is 8.15. The van der Waals surface area contributed by atoms with Crippen LogP contribution in [0.3, 0.4) is 0 Å². The molecule has 2 saturated carbocycles. The molecular formula is C30H30N8O3. The van der Waals surface area contributed by atoms with Gasteiger partial charge < -0.3 is 9.72 Å². The van der Waals surface area contributed by atoms with Crippen LogP contribution in [0, 0.1) is 12.8 Å². The number of carbonyl (C=O) groups is 3. The highest BCUT2D eigenvalue weighted by Gasteiger charge is 2.46. The number of nitrogens with zero attached hydrogens (tertiary/aromatic N) is 7. The molecule has 11 heteroatoms. The molecule has 41 heavy (non-hydrogen) atoms. The van der Waals surface area contributed by atoms with Crippen LogP contribution in [0.25, 0.3) is 5.65 Å². The molecule has 208 valence electrons. The number of aromatic nitrogens is 5. The van der Waals surface area contributed by atoms with Gasteiger partial charge in [0.1, 0.15) is 18.2 Å². The van der Waals surface area contributed by atoms with Gasteiger partial charge in [-0.3, -0.25) is 19.4 Å². The minimum absolute atomic E-state index is 0.0203. The van der Waals surface area contributed by atoms with Crippen molar-refractivity contribution in [3.05, 3.63) is 77.4 Å². The highest BCUT2D eigenvalue weighted by atomic mass is 16.2. The molecule has 4 amide bonds. The fraction of sp³-hybridized carbons (Fsp3) is 0.367. The molecule has 3 aliphatic rings. The van der Waals surface area contributed by atoms with Gasteiger partial charge in [-0.1, -0.05) is 0 Å². The van der Waals surface area contributed by atoms with Crippen molar-refractivity contribution in [3.8, 4) is 0 Å². The number of urea groups is 1. The first-order valence-corrected chi connectivity index (χ1v) is 14.0. The zero-order valence-corrected chi connectivity index (χ0v) is 22.9. The maximum Gasteiger partial charge on any atom is 0.331 e. The Morgan fingerprint density at radius 3 is 2.63 bits per heavy atom. The van der Waals surface area contributed by atoms with Crippen LogP contribution in [-0.4, -0.2) is 60.7 Å². The predicted octanol–water partition coefficient (Wildman–Crippen LogP) is 3.63. The van der Waals surface area contributed by atoms with Gasteiger partial charge in [0.05, 0.1) is 11.4 Å². The Hall–Kier alpha value is -4.67. The van der Waals surface area contributed by atoms with Crippen molar-refractivity contribution in [2.24, 2.45) is 5.92 Å². The molecule has 0 radical (unpaired) electrons. The number of pyridine rings is 2. The zero-order valence-electron chi connectivity index (χ0n) is 22.9. The number of anilines is 2. The van der Waals surface area contributed by atoms with E-state index < -0.39 is 0 Å². The SMILES string of the molecule is Cc1ccnc([C@H]2C[C@@H]2C(=O)Nc2cc(CCc3cn4cc(C5CC5)cc(N5CC(=O)N(C)C5=O)c4n3)ccn2)n1. The number of amides is 4. The van der Waals surface area contributed by atoms with E-state index in [0.717, 1.165) is 52.5 Å². The van der Waals surface area contributed by atoms with Gasteiger partial charge in [-0.2, -0.15) is 0 Å². The Morgan fingerprint density at radius 1 is 1.05 bits per heavy atom. The van der Waals surface area contributed by atoms with Gasteiger partial charge in [-0.15, -0.1) is 0 Å². The van der Waals surface area contributed by atoms with E-state index in [1.165, 1.54) is 11.9 Å². The topological polar surface area (TPSA) is 126 Å². The van der Waals surface area contributed by atoms with Gasteiger partial charge >= 0.3 is 6.03 Å². The molecule has 0 aromatic carbocycles. The standard InChI is InChI=1S/C30H30N8O3/c1-17-7-9-32-27(33-17)22-13-23(22)29(40)35-25-11-18(8-10-31-25)3-6-21-15-37-14-20(19-4-5-19)12-24(28(37)34-21)38-16-26(39)36(2)30(38)41/h7-12,14-15,19,22-23H,3-6,13,16H2,1-2H3,(H,31,35,40)/t22-,23-/m0/s1. The number of imide groups is 1. The summed E-state index contributed by atoms with van der Waals surface area (Å²) >= 11 is 0. The summed E-state index contributed by atoms with van der Waals surface area (Å²) < 4.78 is 1.98. The molecule has 0 bridgehead atoms. The number of hydrogen-bond acceptors (Lipinski definition) is 7. The van der Waals surface area contributed by atoms with Gasteiger partial charge in [-0.05, 0) is 80.3 Å². The maximum absolute atomic E-state index is 12.8. The lowest BCUT2D eigenvalue weighted by atomic mass is 10.1. The van der Waals surface area contributed by atoms with Crippen LogP contribution in [0.1, 0.15) is 59.4 Å². The average Bonchev–Trinajstić information content (AvgIpc) is 3.89. The lowest BCUT2D eigenvalue weighted by molar-refractivity contribution is -0.124. The number of nitrogens with one attached hydrogen (secondary N) is 1. The van der Waals surface area contributed by atoms with Crippen LogP contribution >= 0.6 is 0 Å². The average molecular weight is 551 g/mol. The molecule has 1 N–H and O–H groups in total.